The summed E-state index contributed by atoms with van der Waals surface area (Å²) in [7, 11) is 0. The van der Waals surface area contributed by atoms with Crippen LogP contribution in [0.2, 0.25) is 0 Å². The zero-order valence-corrected chi connectivity index (χ0v) is 19.9. The predicted octanol–water partition coefficient (Wildman–Crippen LogP) is 3.15. The molecule has 3 aliphatic rings. The summed E-state index contributed by atoms with van der Waals surface area (Å²) in [6.07, 6.45) is 6.11. The fraction of sp³-hybridized carbons (Fsp3) is 0.577. The number of ether oxygens (including phenoxy) is 1. The number of hydrogen-bond donors (Lipinski definition) is 1. The summed E-state index contributed by atoms with van der Waals surface area (Å²) in [6.45, 7) is 8.90. The van der Waals surface area contributed by atoms with E-state index >= 15 is 0 Å². The zero-order chi connectivity index (χ0) is 23.1. The molecule has 8 heteroatoms. The Hall–Kier alpha value is -2.71. The zero-order valence-electron chi connectivity index (χ0n) is 19.9. The molecule has 180 valence electrons. The van der Waals surface area contributed by atoms with E-state index in [9.17, 15) is 4.79 Å². The van der Waals surface area contributed by atoms with Gasteiger partial charge >= 0.3 is 0 Å². The van der Waals surface area contributed by atoms with Crippen LogP contribution >= 0.6 is 0 Å². The monoisotopic (exact) mass is 462 g/mol. The highest BCUT2D eigenvalue weighted by Gasteiger charge is 2.33. The average Bonchev–Trinajstić information content (AvgIpc) is 3.60. The van der Waals surface area contributed by atoms with Crippen LogP contribution in [0.4, 0.5) is 5.69 Å². The van der Waals surface area contributed by atoms with Gasteiger partial charge in [-0.05, 0) is 49.3 Å². The van der Waals surface area contributed by atoms with Crippen molar-refractivity contribution in [1.82, 2.24) is 24.5 Å². The fourth-order valence-electron chi connectivity index (χ4n) is 5.93. The van der Waals surface area contributed by atoms with Gasteiger partial charge in [0.05, 0.1) is 6.20 Å². The molecule has 3 aromatic rings. The largest absolute Gasteiger partial charge is 0.381 e. The van der Waals surface area contributed by atoms with Gasteiger partial charge in [0, 0.05) is 63.5 Å². The standard InChI is InChI=1S/C26H34N6O2/c1-18-15-30(16-19-4-6-21(7-5-19)31-10-2-3-11-31)17-22(18)24-28-26(33)23-14-27-25(32(23)29-24)20-8-12-34-13-9-20/h4-7,14,18,20,22H,2-3,8-13,15-17H2,1H3,(H,28,29,33). The maximum Gasteiger partial charge on any atom is 0.276 e. The topological polar surface area (TPSA) is 78.8 Å². The number of aromatic amines is 1. The lowest BCUT2D eigenvalue weighted by atomic mass is 9.97. The third-order valence-electron chi connectivity index (χ3n) is 7.89. The van der Waals surface area contributed by atoms with Crippen LogP contribution in [-0.4, -0.2) is 63.9 Å². The van der Waals surface area contributed by atoms with Gasteiger partial charge in [-0.3, -0.25) is 9.69 Å². The van der Waals surface area contributed by atoms with Crippen LogP contribution in [0.1, 0.15) is 61.7 Å². The number of fused-ring (bicyclic) bond motifs is 1. The van der Waals surface area contributed by atoms with Gasteiger partial charge in [-0.25, -0.2) is 9.50 Å². The first-order valence-electron chi connectivity index (χ1n) is 12.8. The Morgan fingerprint density at radius 1 is 1.09 bits per heavy atom. The van der Waals surface area contributed by atoms with Crippen molar-refractivity contribution < 1.29 is 4.74 Å². The fourth-order valence-corrected chi connectivity index (χ4v) is 5.93. The summed E-state index contributed by atoms with van der Waals surface area (Å²) in [5.41, 5.74) is 3.11. The van der Waals surface area contributed by atoms with Gasteiger partial charge in [0.2, 0.25) is 0 Å². The lowest BCUT2D eigenvalue weighted by Gasteiger charge is -2.21. The number of nitrogens with zero attached hydrogens (tertiary/aromatic N) is 5. The van der Waals surface area contributed by atoms with Crippen LogP contribution in [0.25, 0.3) is 5.52 Å². The molecule has 0 saturated carbocycles. The molecule has 3 aliphatic heterocycles. The Balaban J connectivity index is 1.19. The van der Waals surface area contributed by atoms with Crippen molar-refractivity contribution in [3.8, 4) is 0 Å². The quantitative estimate of drug-likeness (QED) is 0.628. The van der Waals surface area contributed by atoms with Crippen LogP contribution in [0.3, 0.4) is 0 Å². The molecular formula is C26H34N6O2. The summed E-state index contributed by atoms with van der Waals surface area (Å²) in [6, 6.07) is 9.07. The van der Waals surface area contributed by atoms with Crippen LogP contribution in [0.15, 0.2) is 35.3 Å². The van der Waals surface area contributed by atoms with E-state index in [1.807, 2.05) is 0 Å². The van der Waals surface area contributed by atoms with E-state index in [2.05, 4.69) is 51.0 Å². The first-order chi connectivity index (χ1) is 16.7. The first kappa shape index (κ1) is 21.8. The molecule has 1 aromatic carbocycles. The summed E-state index contributed by atoms with van der Waals surface area (Å²) in [4.78, 5) is 25.5. The minimum absolute atomic E-state index is 0.0982. The van der Waals surface area contributed by atoms with Gasteiger partial charge in [0.15, 0.2) is 5.52 Å². The van der Waals surface area contributed by atoms with Gasteiger partial charge < -0.3 is 14.6 Å². The third kappa shape index (κ3) is 4.14. The Bertz CT molecular complexity index is 1190. The van der Waals surface area contributed by atoms with E-state index in [1.165, 1.54) is 37.2 Å². The van der Waals surface area contributed by atoms with Crippen molar-refractivity contribution in [2.24, 2.45) is 5.92 Å². The Morgan fingerprint density at radius 2 is 1.85 bits per heavy atom. The minimum atomic E-state index is -0.0982. The molecule has 0 spiro atoms. The highest BCUT2D eigenvalue weighted by molar-refractivity contribution is 5.48. The predicted molar refractivity (Wildman–Crippen MR) is 131 cm³/mol. The molecule has 6 rings (SSSR count). The van der Waals surface area contributed by atoms with Gasteiger partial charge in [-0.2, -0.15) is 5.10 Å². The third-order valence-corrected chi connectivity index (χ3v) is 7.89. The summed E-state index contributed by atoms with van der Waals surface area (Å²) >= 11 is 0. The van der Waals surface area contributed by atoms with Gasteiger partial charge in [-0.1, -0.05) is 19.1 Å². The molecule has 3 saturated heterocycles. The van der Waals surface area contributed by atoms with Crippen molar-refractivity contribution >= 4 is 11.2 Å². The number of hydrogen-bond acceptors (Lipinski definition) is 6. The minimum Gasteiger partial charge on any atom is -0.381 e. The number of benzene rings is 1. The molecule has 2 aromatic heterocycles. The summed E-state index contributed by atoms with van der Waals surface area (Å²) < 4.78 is 7.31. The summed E-state index contributed by atoms with van der Waals surface area (Å²) in [5, 5.41) is 4.93. The van der Waals surface area contributed by atoms with Crippen molar-refractivity contribution in [3.63, 3.8) is 0 Å². The SMILES string of the molecule is CC1CN(Cc2ccc(N3CCCC3)cc2)CC1c1nn2c(C3CCOCC3)ncc2c(=O)[nH]1. The van der Waals surface area contributed by atoms with E-state index in [0.717, 1.165) is 57.3 Å². The molecule has 8 nitrogen and oxygen atoms in total. The molecule has 1 N–H and O–H groups in total. The maximum absolute atomic E-state index is 12.9. The van der Waals surface area contributed by atoms with E-state index in [-0.39, 0.29) is 11.5 Å². The number of rotatable bonds is 5. The lowest BCUT2D eigenvalue weighted by Crippen LogP contribution is -2.24. The highest BCUT2D eigenvalue weighted by atomic mass is 16.5. The number of anilines is 1. The molecular weight excluding hydrogens is 428 g/mol. The first-order valence-corrected chi connectivity index (χ1v) is 12.8. The van der Waals surface area contributed by atoms with E-state index in [4.69, 9.17) is 9.84 Å². The van der Waals surface area contributed by atoms with Crippen LogP contribution < -0.4 is 10.5 Å². The molecule has 0 amide bonds. The number of aromatic nitrogens is 4. The van der Waals surface area contributed by atoms with Crippen molar-refractivity contribution in [2.75, 3.05) is 44.3 Å². The van der Waals surface area contributed by atoms with Crippen LogP contribution in [0.5, 0.6) is 0 Å². The second-order valence-corrected chi connectivity index (χ2v) is 10.3. The Morgan fingerprint density at radius 3 is 2.62 bits per heavy atom. The Labute approximate surface area is 199 Å². The Kier molecular flexibility index (Phi) is 5.87. The van der Waals surface area contributed by atoms with Gasteiger partial charge in [0.1, 0.15) is 11.6 Å². The van der Waals surface area contributed by atoms with Gasteiger partial charge in [-0.15, -0.1) is 0 Å². The van der Waals surface area contributed by atoms with E-state index in [1.54, 1.807) is 10.7 Å². The van der Waals surface area contributed by atoms with E-state index in [0.29, 0.717) is 17.4 Å². The molecule has 3 fully saturated rings. The number of H-pyrrole nitrogens is 1. The smallest absolute Gasteiger partial charge is 0.276 e. The number of imidazole rings is 1. The average molecular weight is 463 g/mol. The molecule has 5 heterocycles. The number of likely N-dealkylation sites (tertiary alicyclic amines) is 1. The molecule has 2 atom stereocenters. The lowest BCUT2D eigenvalue weighted by molar-refractivity contribution is 0.0832. The molecule has 0 bridgehead atoms. The molecule has 0 radical (unpaired) electrons. The maximum atomic E-state index is 12.9. The van der Waals surface area contributed by atoms with Crippen LogP contribution in [0, 0.1) is 5.92 Å². The molecule has 0 aliphatic carbocycles. The van der Waals surface area contributed by atoms with E-state index < -0.39 is 0 Å². The second kappa shape index (κ2) is 9.15. The molecule has 2 unspecified atom stereocenters. The van der Waals surface area contributed by atoms with Crippen molar-refractivity contribution in [2.45, 2.75) is 51.0 Å². The van der Waals surface area contributed by atoms with Crippen molar-refractivity contribution in [3.05, 3.63) is 58.0 Å². The highest BCUT2D eigenvalue weighted by Crippen LogP contribution is 2.32. The summed E-state index contributed by atoms with van der Waals surface area (Å²) in [5.74, 6) is 2.58. The molecule has 34 heavy (non-hydrogen) atoms. The van der Waals surface area contributed by atoms with Gasteiger partial charge in [0.25, 0.3) is 5.56 Å². The normalized spacial score (nSPS) is 24.4. The van der Waals surface area contributed by atoms with Crippen LogP contribution in [-0.2, 0) is 11.3 Å². The second-order valence-electron chi connectivity index (χ2n) is 10.3. The number of nitrogens with one attached hydrogen (secondary N) is 1. The van der Waals surface area contributed by atoms with Crippen molar-refractivity contribution in [1.29, 1.82) is 0 Å².